The normalized spacial score (nSPS) is 11.2. The molecular weight excluding hydrogens is 276 g/mol. The van der Waals surface area contributed by atoms with Crippen molar-refractivity contribution in [1.82, 2.24) is 9.97 Å². The summed E-state index contributed by atoms with van der Waals surface area (Å²) < 4.78 is 26.2. The number of hydrogen-bond acceptors (Lipinski definition) is 5. The monoisotopic (exact) mass is 284 g/mol. The Hall–Kier alpha value is -1.86. The standard InChI is InChI=1S/C10H9ClN4O2S/c11-7-1-4-10(14-5-7)15-18(16,17)8-2-3-9(12)13-6-8/h1-6H,(H2,12,13)(H,14,15). The fraction of sp³-hybridized carbons (Fsp3) is 0. The van der Waals surface area contributed by atoms with Gasteiger partial charge in [0.05, 0.1) is 5.02 Å². The third kappa shape index (κ3) is 2.88. The number of hydrogen-bond donors (Lipinski definition) is 2. The summed E-state index contributed by atoms with van der Waals surface area (Å²) in [6, 6.07) is 5.77. The number of nitrogens with one attached hydrogen (secondary N) is 1. The Kier molecular flexibility index (Phi) is 3.35. The minimum Gasteiger partial charge on any atom is -0.384 e. The molecule has 0 radical (unpaired) electrons. The number of nitrogen functional groups attached to an aromatic ring is 1. The van der Waals surface area contributed by atoms with Crippen LogP contribution in [0.15, 0.2) is 41.6 Å². The fourth-order valence-corrected chi connectivity index (χ4v) is 2.25. The van der Waals surface area contributed by atoms with Gasteiger partial charge in [0.1, 0.15) is 16.5 Å². The van der Waals surface area contributed by atoms with Crippen LogP contribution in [0.25, 0.3) is 0 Å². The van der Waals surface area contributed by atoms with Gasteiger partial charge in [-0.25, -0.2) is 18.4 Å². The van der Waals surface area contributed by atoms with Crippen LogP contribution >= 0.6 is 11.6 Å². The van der Waals surface area contributed by atoms with E-state index in [0.29, 0.717) is 5.02 Å². The van der Waals surface area contributed by atoms with Crippen LogP contribution in [-0.4, -0.2) is 18.4 Å². The molecule has 0 atom stereocenters. The molecule has 2 aromatic rings. The van der Waals surface area contributed by atoms with E-state index in [1.807, 2.05) is 0 Å². The maximum Gasteiger partial charge on any atom is 0.264 e. The first-order chi connectivity index (χ1) is 8.47. The van der Waals surface area contributed by atoms with E-state index in [1.165, 1.54) is 36.7 Å². The number of aromatic nitrogens is 2. The number of nitrogens with two attached hydrogens (primary N) is 1. The Labute approximate surface area is 109 Å². The summed E-state index contributed by atoms with van der Waals surface area (Å²) in [6.45, 7) is 0. The second kappa shape index (κ2) is 4.79. The van der Waals surface area contributed by atoms with Crippen LogP contribution in [0.5, 0.6) is 0 Å². The molecule has 0 saturated heterocycles. The third-order valence-corrected chi connectivity index (χ3v) is 3.60. The molecule has 0 fully saturated rings. The molecule has 0 aromatic carbocycles. The minimum atomic E-state index is -3.72. The van der Waals surface area contributed by atoms with Gasteiger partial charge in [0.2, 0.25) is 0 Å². The Balaban J connectivity index is 2.27. The van der Waals surface area contributed by atoms with Gasteiger partial charge in [-0.1, -0.05) is 11.6 Å². The second-order valence-corrected chi connectivity index (χ2v) is 5.50. The molecule has 8 heteroatoms. The largest absolute Gasteiger partial charge is 0.384 e. The van der Waals surface area contributed by atoms with Gasteiger partial charge in [0.25, 0.3) is 10.0 Å². The zero-order valence-corrected chi connectivity index (χ0v) is 10.6. The lowest BCUT2D eigenvalue weighted by molar-refractivity contribution is 0.600. The Morgan fingerprint density at radius 1 is 1.11 bits per heavy atom. The molecule has 0 aliphatic rings. The zero-order chi connectivity index (χ0) is 13.2. The van der Waals surface area contributed by atoms with E-state index in [0.717, 1.165) is 0 Å². The van der Waals surface area contributed by atoms with Crippen LogP contribution in [0.4, 0.5) is 11.6 Å². The van der Waals surface area contributed by atoms with Gasteiger partial charge in [-0.2, -0.15) is 0 Å². The number of sulfonamides is 1. The minimum absolute atomic E-state index is 0.00782. The van der Waals surface area contributed by atoms with E-state index < -0.39 is 10.0 Å². The van der Waals surface area contributed by atoms with Crippen LogP contribution in [-0.2, 0) is 10.0 Å². The first-order valence-corrected chi connectivity index (χ1v) is 6.69. The van der Waals surface area contributed by atoms with Crippen molar-refractivity contribution in [3.05, 3.63) is 41.7 Å². The molecule has 6 nitrogen and oxygen atoms in total. The molecule has 0 bridgehead atoms. The quantitative estimate of drug-likeness (QED) is 0.890. The van der Waals surface area contributed by atoms with Crippen molar-refractivity contribution in [3.63, 3.8) is 0 Å². The van der Waals surface area contributed by atoms with E-state index in [9.17, 15) is 8.42 Å². The highest BCUT2D eigenvalue weighted by atomic mass is 35.5. The predicted octanol–water partition coefficient (Wildman–Crippen LogP) is 1.51. The van der Waals surface area contributed by atoms with E-state index in [1.54, 1.807) is 0 Å². The Morgan fingerprint density at radius 3 is 2.44 bits per heavy atom. The van der Waals surface area contributed by atoms with E-state index in [4.69, 9.17) is 17.3 Å². The van der Waals surface area contributed by atoms with Crippen molar-refractivity contribution in [2.75, 3.05) is 10.5 Å². The van der Waals surface area contributed by atoms with Gasteiger partial charge in [0, 0.05) is 12.4 Å². The molecule has 0 saturated carbocycles. The molecule has 2 heterocycles. The summed E-state index contributed by atoms with van der Waals surface area (Å²) >= 11 is 5.65. The number of nitrogens with zero attached hydrogens (tertiary/aromatic N) is 2. The summed E-state index contributed by atoms with van der Waals surface area (Å²) in [5, 5.41) is 0.423. The summed E-state index contributed by atoms with van der Waals surface area (Å²) in [5.41, 5.74) is 5.39. The predicted molar refractivity (Wildman–Crippen MR) is 68.7 cm³/mol. The highest BCUT2D eigenvalue weighted by molar-refractivity contribution is 7.92. The summed E-state index contributed by atoms with van der Waals surface area (Å²) in [7, 11) is -3.72. The zero-order valence-electron chi connectivity index (χ0n) is 9.04. The molecule has 94 valence electrons. The molecule has 0 spiro atoms. The van der Waals surface area contributed by atoms with Gasteiger partial charge < -0.3 is 5.73 Å². The van der Waals surface area contributed by atoms with E-state index in [-0.39, 0.29) is 16.5 Å². The van der Waals surface area contributed by atoms with Gasteiger partial charge in [0.15, 0.2) is 0 Å². The third-order valence-electron chi connectivity index (χ3n) is 2.04. The molecular formula is C10H9ClN4O2S. The van der Waals surface area contributed by atoms with Crippen LogP contribution in [0.1, 0.15) is 0 Å². The highest BCUT2D eigenvalue weighted by Crippen LogP contribution is 2.15. The van der Waals surface area contributed by atoms with E-state index in [2.05, 4.69) is 14.7 Å². The molecule has 18 heavy (non-hydrogen) atoms. The smallest absolute Gasteiger partial charge is 0.264 e. The van der Waals surface area contributed by atoms with Crippen LogP contribution < -0.4 is 10.5 Å². The summed E-state index contributed by atoms with van der Waals surface area (Å²) in [6.07, 6.45) is 2.52. The number of halogens is 1. The maximum absolute atomic E-state index is 11.9. The van der Waals surface area contributed by atoms with Crippen LogP contribution in [0.2, 0.25) is 5.02 Å². The molecule has 2 rings (SSSR count). The van der Waals surface area contributed by atoms with Gasteiger partial charge in [-0.15, -0.1) is 0 Å². The molecule has 0 aliphatic heterocycles. The van der Waals surface area contributed by atoms with Crippen molar-refractivity contribution in [1.29, 1.82) is 0 Å². The molecule has 3 N–H and O–H groups in total. The van der Waals surface area contributed by atoms with Gasteiger partial charge in [-0.05, 0) is 24.3 Å². The topological polar surface area (TPSA) is 98.0 Å². The Bertz CT molecular complexity index is 641. The lowest BCUT2D eigenvalue weighted by Gasteiger charge is -2.06. The Morgan fingerprint density at radius 2 is 1.89 bits per heavy atom. The molecule has 0 aliphatic carbocycles. The summed E-state index contributed by atoms with van der Waals surface area (Å²) in [5.74, 6) is 0.426. The average molecular weight is 285 g/mol. The first kappa shape index (κ1) is 12.6. The molecule has 0 unspecified atom stereocenters. The van der Waals surface area contributed by atoms with Crippen molar-refractivity contribution in [2.24, 2.45) is 0 Å². The first-order valence-electron chi connectivity index (χ1n) is 4.83. The lowest BCUT2D eigenvalue weighted by atomic mass is 10.5. The number of pyridine rings is 2. The average Bonchev–Trinajstić information content (AvgIpc) is 2.32. The number of anilines is 2. The van der Waals surface area contributed by atoms with Crippen molar-refractivity contribution >= 4 is 33.3 Å². The fourth-order valence-electron chi connectivity index (χ4n) is 1.18. The van der Waals surface area contributed by atoms with Crippen molar-refractivity contribution < 1.29 is 8.42 Å². The second-order valence-electron chi connectivity index (χ2n) is 3.39. The lowest BCUT2D eigenvalue weighted by Crippen LogP contribution is -2.14. The van der Waals surface area contributed by atoms with E-state index >= 15 is 0 Å². The van der Waals surface area contributed by atoms with Crippen molar-refractivity contribution in [3.8, 4) is 0 Å². The molecule has 0 amide bonds. The number of rotatable bonds is 3. The highest BCUT2D eigenvalue weighted by Gasteiger charge is 2.14. The van der Waals surface area contributed by atoms with Crippen LogP contribution in [0, 0.1) is 0 Å². The van der Waals surface area contributed by atoms with Gasteiger partial charge in [-0.3, -0.25) is 4.72 Å². The SMILES string of the molecule is Nc1ccc(S(=O)(=O)Nc2ccc(Cl)cn2)cn1. The van der Waals surface area contributed by atoms with Crippen molar-refractivity contribution in [2.45, 2.75) is 4.90 Å². The van der Waals surface area contributed by atoms with Gasteiger partial charge >= 0.3 is 0 Å². The van der Waals surface area contributed by atoms with Crippen LogP contribution in [0.3, 0.4) is 0 Å². The maximum atomic E-state index is 11.9. The summed E-state index contributed by atoms with van der Waals surface area (Å²) in [4.78, 5) is 7.57. The molecule has 2 aromatic heterocycles.